The second kappa shape index (κ2) is 6.12. The molecule has 0 spiro atoms. The number of amides is 1. The Morgan fingerprint density at radius 2 is 1.96 bits per heavy atom. The van der Waals surface area contributed by atoms with E-state index in [0.29, 0.717) is 29.1 Å². The number of pyridine rings is 1. The fourth-order valence-corrected chi connectivity index (χ4v) is 3.09. The van der Waals surface area contributed by atoms with Crippen molar-refractivity contribution in [3.8, 4) is 11.1 Å². The van der Waals surface area contributed by atoms with Crippen molar-refractivity contribution in [3.63, 3.8) is 0 Å². The van der Waals surface area contributed by atoms with E-state index in [1.807, 2.05) is 0 Å². The van der Waals surface area contributed by atoms with Gasteiger partial charge in [-0.25, -0.2) is 13.6 Å². The van der Waals surface area contributed by atoms with E-state index in [1.54, 1.807) is 12.1 Å². The number of fused-ring (bicyclic) bond motifs is 1. The lowest BCUT2D eigenvalue weighted by Gasteiger charge is -2.30. The Morgan fingerprint density at radius 3 is 2.61 bits per heavy atom. The molecule has 2 heterocycles. The maximum Gasteiger partial charge on any atom is 0.409 e. The summed E-state index contributed by atoms with van der Waals surface area (Å²) in [5.74, 6) is -1.52. The maximum absolute atomic E-state index is 14.1. The zero-order chi connectivity index (χ0) is 16.6. The molecule has 7 heteroatoms. The molecular weight excluding hydrogens is 326 g/mol. The Bertz CT molecular complexity index is 763. The molecule has 1 aromatic heterocycles. The van der Waals surface area contributed by atoms with Crippen LogP contribution in [-0.4, -0.2) is 29.6 Å². The molecule has 120 valence electrons. The van der Waals surface area contributed by atoms with Crippen LogP contribution < -0.4 is 0 Å². The van der Waals surface area contributed by atoms with Crippen molar-refractivity contribution in [2.24, 2.45) is 0 Å². The molecular formula is C16H13ClF2N2O2. The van der Waals surface area contributed by atoms with Crippen LogP contribution in [0.2, 0.25) is 5.02 Å². The summed E-state index contributed by atoms with van der Waals surface area (Å²) in [5, 5.41) is 0.517. The topological polar surface area (TPSA) is 42.4 Å². The molecule has 0 N–H and O–H groups in total. The predicted molar refractivity (Wildman–Crippen MR) is 81.1 cm³/mol. The van der Waals surface area contributed by atoms with Gasteiger partial charge in [0.2, 0.25) is 0 Å². The Hall–Kier alpha value is -2.21. The van der Waals surface area contributed by atoms with Crippen LogP contribution in [0, 0.1) is 11.6 Å². The fraction of sp³-hybridized carbons (Fsp3) is 0.250. The van der Waals surface area contributed by atoms with Gasteiger partial charge in [-0.2, -0.15) is 0 Å². The van der Waals surface area contributed by atoms with Crippen molar-refractivity contribution >= 4 is 17.7 Å². The number of benzene rings is 1. The van der Waals surface area contributed by atoms with Crippen molar-refractivity contribution in [3.05, 3.63) is 52.3 Å². The number of carbonyl (C=O) groups is 1. The van der Waals surface area contributed by atoms with Gasteiger partial charge in [-0.05, 0) is 29.2 Å². The number of nitrogens with zero attached hydrogens (tertiary/aromatic N) is 2. The SMILES string of the molecule is COC(=O)N1CCc2c(Cl)ccc(-c3c(F)cncc3F)c2C1. The number of ether oxygens (including phenoxy) is 1. The fourth-order valence-electron chi connectivity index (χ4n) is 2.82. The number of rotatable bonds is 1. The van der Waals surface area contributed by atoms with Crippen molar-refractivity contribution in [2.75, 3.05) is 13.7 Å². The van der Waals surface area contributed by atoms with E-state index < -0.39 is 17.7 Å². The molecule has 0 saturated carbocycles. The lowest BCUT2D eigenvalue weighted by Crippen LogP contribution is -2.36. The lowest BCUT2D eigenvalue weighted by molar-refractivity contribution is 0.119. The second-order valence-corrected chi connectivity index (χ2v) is 5.58. The minimum Gasteiger partial charge on any atom is -0.453 e. The summed E-state index contributed by atoms with van der Waals surface area (Å²) < 4.78 is 32.9. The molecule has 0 fully saturated rings. The summed E-state index contributed by atoms with van der Waals surface area (Å²) in [7, 11) is 1.29. The second-order valence-electron chi connectivity index (χ2n) is 5.17. The monoisotopic (exact) mass is 338 g/mol. The molecule has 1 aromatic carbocycles. The maximum atomic E-state index is 14.1. The minimum atomic E-state index is -0.760. The smallest absolute Gasteiger partial charge is 0.409 e. The molecule has 1 amide bonds. The van der Waals surface area contributed by atoms with Crippen LogP contribution in [0.15, 0.2) is 24.5 Å². The summed E-state index contributed by atoms with van der Waals surface area (Å²) >= 11 is 6.21. The molecule has 4 nitrogen and oxygen atoms in total. The number of methoxy groups -OCH3 is 1. The molecule has 3 rings (SSSR count). The Kier molecular flexibility index (Phi) is 4.17. The van der Waals surface area contributed by atoms with Crippen LogP contribution in [-0.2, 0) is 17.7 Å². The first-order valence-electron chi connectivity index (χ1n) is 6.95. The van der Waals surface area contributed by atoms with E-state index in [2.05, 4.69) is 4.98 Å². The van der Waals surface area contributed by atoms with E-state index in [4.69, 9.17) is 16.3 Å². The molecule has 0 bridgehead atoms. The molecule has 1 aliphatic rings. The van der Waals surface area contributed by atoms with Crippen molar-refractivity contribution in [1.82, 2.24) is 9.88 Å². The Balaban J connectivity index is 2.16. The highest BCUT2D eigenvalue weighted by Crippen LogP contribution is 2.36. The average molecular weight is 339 g/mol. The van der Waals surface area contributed by atoms with Gasteiger partial charge in [0.1, 0.15) is 0 Å². The first kappa shape index (κ1) is 15.7. The Labute approximate surface area is 136 Å². The first-order valence-corrected chi connectivity index (χ1v) is 7.33. The van der Waals surface area contributed by atoms with E-state index in [1.165, 1.54) is 12.0 Å². The van der Waals surface area contributed by atoms with Gasteiger partial charge in [0, 0.05) is 18.1 Å². The number of hydrogen-bond acceptors (Lipinski definition) is 3. The zero-order valence-corrected chi connectivity index (χ0v) is 13.0. The summed E-state index contributed by atoms with van der Waals surface area (Å²) in [4.78, 5) is 16.7. The molecule has 0 saturated heterocycles. The van der Waals surface area contributed by atoms with Crippen molar-refractivity contribution in [2.45, 2.75) is 13.0 Å². The van der Waals surface area contributed by atoms with Gasteiger partial charge < -0.3 is 9.64 Å². The Morgan fingerprint density at radius 1 is 1.26 bits per heavy atom. The largest absolute Gasteiger partial charge is 0.453 e. The van der Waals surface area contributed by atoms with Gasteiger partial charge in [-0.15, -0.1) is 0 Å². The summed E-state index contributed by atoms with van der Waals surface area (Å²) in [6.45, 7) is 0.614. The van der Waals surface area contributed by atoms with Gasteiger partial charge in [0.05, 0.1) is 25.1 Å². The molecule has 2 aromatic rings. The van der Waals surface area contributed by atoms with Crippen LogP contribution in [0.25, 0.3) is 11.1 Å². The first-order chi connectivity index (χ1) is 11.0. The predicted octanol–water partition coefficient (Wildman–Crippen LogP) is 3.80. The average Bonchev–Trinajstić information content (AvgIpc) is 2.55. The molecule has 0 radical (unpaired) electrons. The highest BCUT2D eigenvalue weighted by molar-refractivity contribution is 6.31. The van der Waals surface area contributed by atoms with E-state index in [-0.39, 0.29) is 12.1 Å². The standard InChI is InChI=1S/C16H13ClF2N2O2/c1-23-16(22)21-5-4-9-11(8-21)10(2-3-12(9)17)15-13(18)6-20-7-14(15)19/h2-3,6-7H,4-5,8H2,1H3. The third-order valence-electron chi connectivity index (χ3n) is 3.91. The number of aromatic nitrogens is 1. The van der Waals surface area contributed by atoms with Crippen LogP contribution in [0.4, 0.5) is 13.6 Å². The quantitative estimate of drug-likeness (QED) is 0.794. The van der Waals surface area contributed by atoms with E-state index in [9.17, 15) is 13.6 Å². The molecule has 0 atom stereocenters. The lowest BCUT2D eigenvalue weighted by atomic mass is 9.91. The molecule has 1 aliphatic heterocycles. The van der Waals surface area contributed by atoms with Crippen LogP contribution in [0.1, 0.15) is 11.1 Å². The van der Waals surface area contributed by atoms with E-state index in [0.717, 1.165) is 18.0 Å². The molecule has 0 aliphatic carbocycles. The van der Waals surface area contributed by atoms with Gasteiger partial charge in [0.25, 0.3) is 0 Å². The number of hydrogen-bond donors (Lipinski definition) is 0. The third-order valence-corrected chi connectivity index (χ3v) is 4.26. The van der Waals surface area contributed by atoms with Gasteiger partial charge in [-0.3, -0.25) is 4.98 Å². The summed E-state index contributed by atoms with van der Waals surface area (Å²) in [5.41, 5.74) is 1.62. The van der Waals surface area contributed by atoms with Crippen LogP contribution in [0.3, 0.4) is 0 Å². The normalized spacial score (nSPS) is 13.7. The minimum absolute atomic E-state index is 0.167. The summed E-state index contributed by atoms with van der Waals surface area (Å²) in [6, 6.07) is 3.17. The third kappa shape index (κ3) is 2.74. The molecule has 0 unspecified atom stereocenters. The van der Waals surface area contributed by atoms with Gasteiger partial charge in [-0.1, -0.05) is 17.7 Å². The number of carbonyl (C=O) groups excluding carboxylic acids is 1. The summed E-state index contributed by atoms with van der Waals surface area (Å²) in [6.07, 6.45) is 1.92. The van der Waals surface area contributed by atoms with Crippen LogP contribution in [0.5, 0.6) is 0 Å². The van der Waals surface area contributed by atoms with Gasteiger partial charge in [0.15, 0.2) is 11.6 Å². The van der Waals surface area contributed by atoms with Crippen molar-refractivity contribution < 1.29 is 18.3 Å². The highest BCUT2D eigenvalue weighted by Gasteiger charge is 2.27. The van der Waals surface area contributed by atoms with Crippen LogP contribution >= 0.6 is 11.6 Å². The zero-order valence-electron chi connectivity index (χ0n) is 12.3. The van der Waals surface area contributed by atoms with E-state index >= 15 is 0 Å². The number of halogens is 3. The van der Waals surface area contributed by atoms with Crippen molar-refractivity contribution in [1.29, 1.82) is 0 Å². The molecule has 23 heavy (non-hydrogen) atoms. The highest BCUT2D eigenvalue weighted by atomic mass is 35.5. The van der Waals surface area contributed by atoms with Gasteiger partial charge >= 0.3 is 6.09 Å².